The smallest absolute Gasteiger partial charge is 0.224 e. The number of nitrogens with one attached hydrogen (secondary N) is 1. The number of carbonyl (C=O) groups excluding carboxylic acids is 2. The molecule has 0 heterocycles. The fourth-order valence-electron chi connectivity index (χ4n) is 1.84. The van der Waals surface area contributed by atoms with Crippen LogP contribution in [0.1, 0.15) is 27.2 Å². The van der Waals surface area contributed by atoms with E-state index in [1.165, 1.54) is 6.92 Å². The molecule has 0 fully saturated rings. The molecule has 0 unspecified atom stereocenters. The van der Waals surface area contributed by atoms with Gasteiger partial charge >= 0.3 is 0 Å². The summed E-state index contributed by atoms with van der Waals surface area (Å²) in [7, 11) is 0. The van der Waals surface area contributed by atoms with Crippen molar-refractivity contribution in [2.75, 3.05) is 24.6 Å². The van der Waals surface area contributed by atoms with E-state index in [0.29, 0.717) is 31.9 Å². The van der Waals surface area contributed by atoms with Crippen LogP contribution in [-0.2, 0) is 9.59 Å². The van der Waals surface area contributed by atoms with Crippen LogP contribution in [0.15, 0.2) is 24.3 Å². The molecule has 110 valence electrons. The van der Waals surface area contributed by atoms with Gasteiger partial charge in [-0.3, -0.25) is 9.59 Å². The van der Waals surface area contributed by atoms with Gasteiger partial charge < -0.3 is 15.0 Å². The van der Waals surface area contributed by atoms with Crippen molar-refractivity contribution in [1.29, 1.82) is 0 Å². The molecule has 1 aromatic carbocycles. The molecule has 1 rings (SSSR count). The van der Waals surface area contributed by atoms with Crippen LogP contribution in [-0.4, -0.2) is 31.5 Å². The summed E-state index contributed by atoms with van der Waals surface area (Å²) < 4.78 is 5.54. The average Bonchev–Trinajstić information content (AvgIpc) is 2.44. The normalized spacial score (nSPS) is 9.95. The summed E-state index contributed by atoms with van der Waals surface area (Å²) in [6, 6.07) is 7.40. The van der Waals surface area contributed by atoms with E-state index in [4.69, 9.17) is 4.74 Å². The standard InChI is InChI=1S/C15H22N2O3/c1-4-15(19)16-10-11-17(12(3)18)13-8-6-7-9-14(13)20-5-2/h6-9H,4-5,10-11H2,1-3H3,(H,16,19). The Morgan fingerprint density at radius 1 is 1.25 bits per heavy atom. The SMILES string of the molecule is CCOc1ccccc1N(CCNC(=O)CC)C(C)=O. The minimum absolute atomic E-state index is 0.0217. The first kappa shape index (κ1) is 16.0. The van der Waals surface area contributed by atoms with E-state index in [2.05, 4.69) is 5.32 Å². The van der Waals surface area contributed by atoms with Crippen molar-refractivity contribution in [2.24, 2.45) is 0 Å². The molecule has 0 atom stereocenters. The molecule has 0 radical (unpaired) electrons. The third-order valence-electron chi connectivity index (χ3n) is 2.81. The molecule has 1 N–H and O–H groups in total. The molecular formula is C15H22N2O3. The summed E-state index contributed by atoms with van der Waals surface area (Å²) in [6.45, 7) is 6.58. The van der Waals surface area contributed by atoms with E-state index in [-0.39, 0.29) is 11.8 Å². The predicted octanol–water partition coefficient (Wildman–Crippen LogP) is 1.96. The van der Waals surface area contributed by atoms with E-state index in [0.717, 1.165) is 5.69 Å². The van der Waals surface area contributed by atoms with Crippen LogP contribution in [0.25, 0.3) is 0 Å². The topological polar surface area (TPSA) is 58.6 Å². The second kappa shape index (κ2) is 8.19. The molecule has 0 spiro atoms. The Balaban J connectivity index is 2.80. The van der Waals surface area contributed by atoms with E-state index < -0.39 is 0 Å². The van der Waals surface area contributed by atoms with Gasteiger partial charge in [-0.2, -0.15) is 0 Å². The number of ether oxygens (including phenoxy) is 1. The average molecular weight is 278 g/mol. The molecule has 0 bridgehead atoms. The Morgan fingerprint density at radius 2 is 1.95 bits per heavy atom. The highest BCUT2D eigenvalue weighted by atomic mass is 16.5. The zero-order chi connectivity index (χ0) is 15.0. The lowest BCUT2D eigenvalue weighted by atomic mass is 10.2. The molecule has 0 saturated carbocycles. The third kappa shape index (κ3) is 4.57. The number of benzene rings is 1. The van der Waals surface area contributed by atoms with Gasteiger partial charge in [0.25, 0.3) is 0 Å². The number of para-hydroxylation sites is 2. The molecule has 0 aromatic heterocycles. The largest absolute Gasteiger partial charge is 0.492 e. The number of hydrogen-bond acceptors (Lipinski definition) is 3. The van der Waals surface area contributed by atoms with Gasteiger partial charge in [-0.25, -0.2) is 0 Å². The van der Waals surface area contributed by atoms with E-state index >= 15 is 0 Å². The summed E-state index contributed by atoms with van der Waals surface area (Å²) in [5, 5.41) is 2.77. The Kier molecular flexibility index (Phi) is 6.56. The minimum atomic E-state index is -0.0806. The van der Waals surface area contributed by atoms with Crippen molar-refractivity contribution >= 4 is 17.5 Å². The highest BCUT2D eigenvalue weighted by Gasteiger charge is 2.15. The lowest BCUT2D eigenvalue weighted by molar-refractivity contribution is -0.121. The summed E-state index contributed by atoms with van der Waals surface area (Å²) >= 11 is 0. The second-order valence-electron chi connectivity index (χ2n) is 4.27. The Labute approximate surface area is 119 Å². The number of amides is 2. The van der Waals surface area contributed by atoms with Crippen LogP contribution < -0.4 is 15.0 Å². The van der Waals surface area contributed by atoms with Crippen LogP contribution in [0.2, 0.25) is 0 Å². The number of carbonyl (C=O) groups is 2. The van der Waals surface area contributed by atoms with Crippen molar-refractivity contribution in [1.82, 2.24) is 5.32 Å². The highest BCUT2D eigenvalue weighted by molar-refractivity contribution is 5.93. The zero-order valence-corrected chi connectivity index (χ0v) is 12.3. The van der Waals surface area contributed by atoms with Gasteiger partial charge in [-0.1, -0.05) is 19.1 Å². The van der Waals surface area contributed by atoms with Gasteiger partial charge in [0.15, 0.2) is 0 Å². The van der Waals surface area contributed by atoms with Crippen molar-refractivity contribution in [2.45, 2.75) is 27.2 Å². The van der Waals surface area contributed by atoms with Crippen LogP contribution in [0.3, 0.4) is 0 Å². The maximum atomic E-state index is 11.8. The minimum Gasteiger partial charge on any atom is -0.492 e. The summed E-state index contributed by atoms with van der Waals surface area (Å²) in [5.41, 5.74) is 0.729. The van der Waals surface area contributed by atoms with Gasteiger partial charge in [0.05, 0.1) is 12.3 Å². The van der Waals surface area contributed by atoms with Gasteiger partial charge in [0.2, 0.25) is 11.8 Å². The first-order chi connectivity index (χ1) is 9.60. The van der Waals surface area contributed by atoms with Crippen molar-refractivity contribution in [3.05, 3.63) is 24.3 Å². The molecule has 0 aliphatic heterocycles. The van der Waals surface area contributed by atoms with Crippen molar-refractivity contribution in [3.63, 3.8) is 0 Å². The highest BCUT2D eigenvalue weighted by Crippen LogP contribution is 2.27. The lowest BCUT2D eigenvalue weighted by Crippen LogP contribution is -2.37. The van der Waals surface area contributed by atoms with Gasteiger partial charge in [-0.15, -0.1) is 0 Å². The van der Waals surface area contributed by atoms with Crippen LogP contribution in [0.5, 0.6) is 5.75 Å². The zero-order valence-electron chi connectivity index (χ0n) is 12.3. The molecule has 5 nitrogen and oxygen atoms in total. The maximum Gasteiger partial charge on any atom is 0.224 e. The molecule has 2 amide bonds. The monoisotopic (exact) mass is 278 g/mol. The Morgan fingerprint density at radius 3 is 2.55 bits per heavy atom. The summed E-state index contributed by atoms with van der Waals surface area (Å²) in [4.78, 5) is 24.6. The second-order valence-corrected chi connectivity index (χ2v) is 4.27. The van der Waals surface area contributed by atoms with Crippen LogP contribution in [0, 0.1) is 0 Å². The number of rotatable bonds is 7. The number of hydrogen-bond donors (Lipinski definition) is 1. The van der Waals surface area contributed by atoms with Gasteiger partial charge in [0, 0.05) is 26.4 Å². The molecule has 5 heteroatoms. The van der Waals surface area contributed by atoms with E-state index in [9.17, 15) is 9.59 Å². The first-order valence-corrected chi connectivity index (χ1v) is 6.86. The molecule has 0 saturated heterocycles. The number of anilines is 1. The molecule has 20 heavy (non-hydrogen) atoms. The molecule has 0 aliphatic rings. The summed E-state index contributed by atoms with van der Waals surface area (Å²) in [6.07, 6.45) is 0.440. The quantitative estimate of drug-likeness (QED) is 0.829. The van der Waals surface area contributed by atoms with Crippen LogP contribution >= 0.6 is 0 Å². The number of nitrogens with zero attached hydrogens (tertiary/aromatic N) is 1. The first-order valence-electron chi connectivity index (χ1n) is 6.86. The van der Waals surface area contributed by atoms with E-state index in [1.807, 2.05) is 31.2 Å². The van der Waals surface area contributed by atoms with Crippen LogP contribution in [0.4, 0.5) is 5.69 Å². The summed E-state index contributed by atoms with van der Waals surface area (Å²) in [5.74, 6) is 0.571. The van der Waals surface area contributed by atoms with E-state index in [1.54, 1.807) is 11.8 Å². The predicted molar refractivity (Wildman–Crippen MR) is 78.9 cm³/mol. The fraction of sp³-hybridized carbons (Fsp3) is 0.467. The Bertz CT molecular complexity index is 460. The lowest BCUT2D eigenvalue weighted by Gasteiger charge is -2.23. The maximum absolute atomic E-state index is 11.8. The molecule has 0 aliphatic carbocycles. The Hall–Kier alpha value is -2.04. The molecule has 1 aromatic rings. The van der Waals surface area contributed by atoms with Gasteiger partial charge in [-0.05, 0) is 19.1 Å². The third-order valence-corrected chi connectivity index (χ3v) is 2.81. The fourth-order valence-corrected chi connectivity index (χ4v) is 1.84. The molecular weight excluding hydrogens is 256 g/mol. The van der Waals surface area contributed by atoms with Crippen molar-refractivity contribution in [3.8, 4) is 5.75 Å². The van der Waals surface area contributed by atoms with Crippen molar-refractivity contribution < 1.29 is 14.3 Å². The van der Waals surface area contributed by atoms with Gasteiger partial charge in [0.1, 0.15) is 5.75 Å².